The van der Waals surface area contributed by atoms with E-state index >= 15 is 0 Å². The molecule has 0 aliphatic carbocycles. The highest BCUT2D eigenvalue weighted by molar-refractivity contribution is 5.95. The van der Waals surface area contributed by atoms with E-state index in [1.165, 1.54) is 0 Å². The highest BCUT2D eigenvalue weighted by atomic mass is 16.3. The van der Waals surface area contributed by atoms with Crippen LogP contribution in [0.25, 0.3) is 5.65 Å². The molecule has 0 radical (unpaired) electrons. The van der Waals surface area contributed by atoms with E-state index in [0.29, 0.717) is 18.4 Å². The zero-order valence-corrected chi connectivity index (χ0v) is 13.0. The fraction of sp³-hybridized carbons (Fsp3) is 0.533. The first-order valence-electron chi connectivity index (χ1n) is 7.21. The van der Waals surface area contributed by atoms with Gasteiger partial charge in [-0.05, 0) is 26.7 Å². The number of aliphatic hydroxyl groups excluding tert-OH is 1. The molecule has 0 aliphatic rings. The van der Waals surface area contributed by atoms with Crippen molar-refractivity contribution in [1.82, 2.24) is 19.9 Å². The van der Waals surface area contributed by atoms with Gasteiger partial charge in [-0.1, -0.05) is 13.8 Å². The summed E-state index contributed by atoms with van der Waals surface area (Å²) in [5.74, 6) is -0.229. The van der Waals surface area contributed by atoms with Gasteiger partial charge >= 0.3 is 0 Å². The van der Waals surface area contributed by atoms with Crippen molar-refractivity contribution in [3.8, 4) is 0 Å². The van der Waals surface area contributed by atoms with E-state index in [1.54, 1.807) is 10.7 Å². The van der Waals surface area contributed by atoms with Crippen LogP contribution in [0.1, 0.15) is 48.4 Å². The van der Waals surface area contributed by atoms with Crippen LogP contribution in [0.3, 0.4) is 0 Å². The van der Waals surface area contributed by atoms with Gasteiger partial charge in [-0.25, -0.2) is 9.50 Å². The van der Waals surface area contributed by atoms with Crippen LogP contribution in [0.2, 0.25) is 0 Å². The molecule has 0 bridgehead atoms. The first-order chi connectivity index (χ1) is 9.96. The molecule has 6 heteroatoms. The van der Waals surface area contributed by atoms with Crippen molar-refractivity contribution >= 4 is 11.6 Å². The average molecular weight is 290 g/mol. The number of aryl methyl sites for hydroxylation is 2. The van der Waals surface area contributed by atoms with E-state index < -0.39 is 5.54 Å². The smallest absolute Gasteiger partial charge is 0.255 e. The van der Waals surface area contributed by atoms with Gasteiger partial charge in [0.05, 0.1) is 29.1 Å². The Kier molecular flexibility index (Phi) is 4.27. The summed E-state index contributed by atoms with van der Waals surface area (Å²) in [4.78, 5) is 16.8. The van der Waals surface area contributed by atoms with Crippen LogP contribution in [0.15, 0.2) is 12.3 Å². The van der Waals surface area contributed by atoms with Gasteiger partial charge in [0.2, 0.25) is 0 Å². The van der Waals surface area contributed by atoms with Gasteiger partial charge in [0.25, 0.3) is 5.91 Å². The zero-order valence-electron chi connectivity index (χ0n) is 13.0. The second-order valence-electron chi connectivity index (χ2n) is 5.41. The SMILES string of the molecule is CCC(CC)(CO)NC(=O)c1cnc2cc(C)nn2c1C. The number of rotatable bonds is 5. The molecule has 2 aromatic heterocycles. The van der Waals surface area contributed by atoms with Gasteiger partial charge in [0.15, 0.2) is 5.65 Å². The summed E-state index contributed by atoms with van der Waals surface area (Å²) < 4.78 is 1.67. The van der Waals surface area contributed by atoms with Gasteiger partial charge < -0.3 is 10.4 Å². The number of nitrogens with one attached hydrogen (secondary N) is 1. The third-order valence-electron chi connectivity index (χ3n) is 4.13. The maximum atomic E-state index is 12.5. The highest BCUT2D eigenvalue weighted by Crippen LogP contribution is 2.17. The molecule has 0 atom stereocenters. The Morgan fingerprint density at radius 3 is 2.62 bits per heavy atom. The minimum Gasteiger partial charge on any atom is -0.394 e. The van der Waals surface area contributed by atoms with Crippen molar-refractivity contribution in [2.24, 2.45) is 0 Å². The normalized spacial score (nSPS) is 11.9. The monoisotopic (exact) mass is 290 g/mol. The lowest BCUT2D eigenvalue weighted by Gasteiger charge is -2.30. The van der Waals surface area contributed by atoms with E-state index in [2.05, 4.69) is 15.4 Å². The van der Waals surface area contributed by atoms with Crippen molar-refractivity contribution in [2.75, 3.05) is 6.61 Å². The minimum atomic E-state index is -0.585. The van der Waals surface area contributed by atoms with Gasteiger partial charge in [-0.2, -0.15) is 5.10 Å². The Hall–Kier alpha value is -1.95. The zero-order chi connectivity index (χ0) is 15.6. The Labute approximate surface area is 124 Å². The molecule has 0 saturated carbocycles. The fourth-order valence-corrected chi connectivity index (χ4v) is 2.38. The molecule has 0 saturated heterocycles. The molecule has 2 rings (SSSR count). The quantitative estimate of drug-likeness (QED) is 0.877. The van der Waals surface area contributed by atoms with E-state index in [0.717, 1.165) is 17.0 Å². The van der Waals surface area contributed by atoms with E-state index in [9.17, 15) is 9.90 Å². The van der Waals surface area contributed by atoms with Crippen molar-refractivity contribution < 1.29 is 9.90 Å². The lowest BCUT2D eigenvalue weighted by Crippen LogP contribution is -2.50. The Bertz CT molecular complexity index is 651. The van der Waals surface area contributed by atoms with Gasteiger partial charge in [-0.15, -0.1) is 0 Å². The Balaban J connectivity index is 2.37. The third kappa shape index (κ3) is 2.76. The summed E-state index contributed by atoms with van der Waals surface area (Å²) in [6, 6.07) is 1.87. The molecule has 1 amide bonds. The molecule has 2 N–H and O–H groups in total. The summed E-state index contributed by atoms with van der Waals surface area (Å²) >= 11 is 0. The molecule has 21 heavy (non-hydrogen) atoms. The molecular weight excluding hydrogens is 268 g/mol. The van der Waals surface area contributed by atoms with Crippen LogP contribution in [-0.4, -0.2) is 37.8 Å². The number of hydrogen-bond acceptors (Lipinski definition) is 4. The molecule has 0 unspecified atom stereocenters. The molecule has 0 aliphatic heterocycles. The number of hydrogen-bond donors (Lipinski definition) is 2. The summed E-state index contributed by atoms with van der Waals surface area (Å²) in [6.45, 7) is 7.55. The molecule has 0 fully saturated rings. The number of nitrogens with zero attached hydrogens (tertiary/aromatic N) is 3. The lowest BCUT2D eigenvalue weighted by molar-refractivity contribution is 0.0816. The van der Waals surface area contributed by atoms with E-state index in [1.807, 2.05) is 33.8 Å². The summed E-state index contributed by atoms with van der Waals surface area (Å²) in [5, 5.41) is 16.8. The largest absolute Gasteiger partial charge is 0.394 e. The number of aromatic nitrogens is 3. The first kappa shape index (κ1) is 15.4. The summed E-state index contributed by atoms with van der Waals surface area (Å²) in [5.41, 5.74) is 2.21. The van der Waals surface area contributed by atoms with Crippen LogP contribution in [-0.2, 0) is 0 Å². The van der Waals surface area contributed by atoms with Crippen molar-refractivity contribution in [2.45, 2.75) is 46.1 Å². The number of carbonyl (C=O) groups excluding carboxylic acids is 1. The van der Waals surface area contributed by atoms with Crippen LogP contribution >= 0.6 is 0 Å². The van der Waals surface area contributed by atoms with Crippen molar-refractivity contribution in [3.05, 3.63) is 29.2 Å². The third-order valence-corrected chi connectivity index (χ3v) is 4.13. The van der Waals surface area contributed by atoms with E-state index in [-0.39, 0.29) is 12.5 Å². The average Bonchev–Trinajstić information content (AvgIpc) is 2.86. The summed E-state index contributed by atoms with van der Waals surface area (Å²) in [7, 11) is 0. The standard InChI is InChI=1S/C15H22N4O2/c1-5-15(6-2,9-20)17-14(21)12-8-16-13-7-10(3)18-19(13)11(12)4/h7-8,20H,5-6,9H2,1-4H3,(H,17,21). The molecule has 0 aromatic carbocycles. The van der Waals surface area contributed by atoms with Gasteiger partial charge in [0.1, 0.15) is 0 Å². The molecule has 6 nitrogen and oxygen atoms in total. The maximum absolute atomic E-state index is 12.5. The first-order valence-corrected chi connectivity index (χ1v) is 7.21. The maximum Gasteiger partial charge on any atom is 0.255 e. The van der Waals surface area contributed by atoms with E-state index in [4.69, 9.17) is 0 Å². The second-order valence-corrected chi connectivity index (χ2v) is 5.41. The van der Waals surface area contributed by atoms with Crippen LogP contribution < -0.4 is 5.32 Å². The van der Waals surface area contributed by atoms with Crippen LogP contribution in [0, 0.1) is 13.8 Å². The Morgan fingerprint density at radius 2 is 2.05 bits per heavy atom. The highest BCUT2D eigenvalue weighted by Gasteiger charge is 2.28. The number of aliphatic hydroxyl groups is 1. The summed E-state index contributed by atoms with van der Waals surface area (Å²) in [6.07, 6.45) is 2.90. The van der Waals surface area contributed by atoms with Gasteiger partial charge in [-0.3, -0.25) is 4.79 Å². The molecule has 114 valence electrons. The minimum absolute atomic E-state index is 0.0820. The fourth-order valence-electron chi connectivity index (χ4n) is 2.38. The molecule has 0 spiro atoms. The molecule has 2 heterocycles. The van der Waals surface area contributed by atoms with Crippen molar-refractivity contribution in [1.29, 1.82) is 0 Å². The lowest BCUT2D eigenvalue weighted by atomic mass is 9.93. The van der Waals surface area contributed by atoms with Crippen molar-refractivity contribution in [3.63, 3.8) is 0 Å². The predicted octanol–water partition coefficient (Wildman–Crippen LogP) is 1.63. The topological polar surface area (TPSA) is 79.5 Å². The van der Waals surface area contributed by atoms with Crippen LogP contribution in [0.5, 0.6) is 0 Å². The number of amides is 1. The number of carbonyl (C=O) groups is 1. The second kappa shape index (κ2) is 5.81. The molecule has 2 aromatic rings. The predicted molar refractivity (Wildman–Crippen MR) is 80.3 cm³/mol. The van der Waals surface area contributed by atoms with Gasteiger partial charge in [0, 0.05) is 12.3 Å². The van der Waals surface area contributed by atoms with Crippen LogP contribution in [0.4, 0.5) is 0 Å². The Morgan fingerprint density at radius 1 is 1.38 bits per heavy atom. The number of fused-ring (bicyclic) bond motifs is 1. The molecular formula is C15H22N4O2.